The highest BCUT2D eigenvalue weighted by atomic mass is 35.5. The van der Waals surface area contributed by atoms with E-state index in [9.17, 15) is 22.0 Å². The summed E-state index contributed by atoms with van der Waals surface area (Å²) in [4.78, 5) is 24.3. The predicted molar refractivity (Wildman–Crippen MR) is 95.8 cm³/mol. The van der Waals surface area contributed by atoms with Crippen molar-refractivity contribution in [1.29, 1.82) is 0 Å². The summed E-state index contributed by atoms with van der Waals surface area (Å²) in [5.41, 5.74) is -0.704. The Bertz CT molecular complexity index is 968. The number of nitrogens with zero attached hydrogens (tertiary/aromatic N) is 4. The Morgan fingerprint density at radius 2 is 1.75 bits per heavy atom. The van der Waals surface area contributed by atoms with Crippen LogP contribution in [0.1, 0.15) is 23.1 Å². The van der Waals surface area contributed by atoms with Crippen molar-refractivity contribution in [2.24, 2.45) is 0 Å². The number of aromatic nitrogens is 3. The highest BCUT2D eigenvalue weighted by Gasteiger charge is 2.35. The molecule has 9 nitrogen and oxygen atoms in total. The van der Waals surface area contributed by atoms with Crippen LogP contribution in [0.3, 0.4) is 0 Å². The Kier molecular flexibility index (Phi) is 6.67. The van der Waals surface area contributed by atoms with Gasteiger partial charge in [-0.25, -0.2) is 8.42 Å². The molecule has 152 valence electrons. The molecular formula is C15H15ClF2N4O5S. The van der Waals surface area contributed by atoms with E-state index in [1.165, 1.54) is 39.3 Å². The Hall–Kier alpha value is -2.60. The minimum Gasteiger partial charge on any atom is -0.467 e. The number of alkyl halides is 2. The number of carbonyl (C=O) groups excluding carboxylic acids is 1. The number of benzene rings is 1. The molecule has 0 aliphatic heterocycles. The lowest BCUT2D eigenvalue weighted by atomic mass is 10.1. The average Bonchev–Trinajstić information content (AvgIpc) is 2.68. The molecule has 0 bridgehead atoms. The van der Waals surface area contributed by atoms with Crippen LogP contribution >= 0.6 is 11.6 Å². The van der Waals surface area contributed by atoms with Gasteiger partial charge in [0.2, 0.25) is 11.6 Å². The zero-order valence-electron chi connectivity index (χ0n) is 14.9. The zero-order chi connectivity index (χ0) is 21.1. The third-order valence-corrected chi connectivity index (χ3v) is 5.27. The number of ether oxygens (including phenoxy) is 2. The highest BCUT2D eigenvalue weighted by Crippen LogP contribution is 2.34. The van der Waals surface area contributed by atoms with Crippen LogP contribution in [0.5, 0.6) is 12.0 Å². The van der Waals surface area contributed by atoms with Gasteiger partial charge in [-0.3, -0.25) is 9.10 Å². The van der Waals surface area contributed by atoms with E-state index in [2.05, 4.69) is 15.0 Å². The van der Waals surface area contributed by atoms with E-state index >= 15 is 0 Å². The molecule has 0 amide bonds. The van der Waals surface area contributed by atoms with E-state index in [0.29, 0.717) is 4.31 Å². The maximum Gasteiger partial charge on any atom is 0.355 e. The molecule has 1 aromatic carbocycles. The van der Waals surface area contributed by atoms with E-state index in [1.807, 2.05) is 0 Å². The van der Waals surface area contributed by atoms with Gasteiger partial charge in [-0.1, -0.05) is 17.7 Å². The minimum absolute atomic E-state index is 0.218. The third-order valence-electron chi connectivity index (χ3n) is 3.46. The Morgan fingerprint density at radius 3 is 2.21 bits per heavy atom. The first-order valence-electron chi connectivity index (χ1n) is 7.64. The van der Waals surface area contributed by atoms with Gasteiger partial charge in [0.1, 0.15) is 0 Å². The van der Waals surface area contributed by atoms with Gasteiger partial charge in [0.05, 0.1) is 30.5 Å². The van der Waals surface area contributed by atoms with Crippen molar-refractivity contribution < 1.29 is 31.5 Å². The van der Waals surface area contributed by atoms with Crippen LogP contribution in [-0.4, -0.2) is 55.7 Å². The number of hydrogen-bond donors (Lipinski definition) is 0. The first-order valence-corrected chi connectivity index (χ1v) is 9.52. The fourth-order valence-electron chi connectivity index (χ4n) is 2.26. The number of halogens is 3. The van der Waals surface area contributed by atoms with Gasteiger partial charge in [0.25, 0.3) is 10.0 Å². The molecule has 0 atom stereocenters. The molecule has 13 heteroatoms. The lowest BCUT2D eigenvalue weighted by molar-refractivity contribution is 0.102. The van der Waals surface area contributed by atoms with Crippen molar-refractivity contribution in [2.45, 2.75) is 12.7 Å². The van der Waals surface area contributed by atoms with Crippen LogP contribution < -0.4 is 13.8 Å². The smallest absolute Gasteiger partial charge is 0.355 e. The molecule has 0 unspecified atom stereocenters. The van der Waals surface area contributed by atoms with Crippen LogP contribution in [-0.2, 0) is 10.0 Å². The van der Waals surface area contributed by atoms with Crippen molar-refractivity contribution in [1.82, 2.24) is 15.0 Å². The van der Waals surface area contributed by atoms with E-state index < -0.39 is 33.1 Å². The van der Waals surface area contributed by atoms with Crippen LogP contribution in [0.4, 0.5) is 14.5 Å². The number of hydrogen-bond acceptors (Lipinski definition) is 8. The summed E-state index contributed by atoms with van der Waals surface area (Å²) in [6, 6.07) is 3.39. The van der Waals surface area contributed by atoms with Crippen LogP contribution in [0.25, 0.3) is 0 Å². The summed E-state index contributed by atoms with van der Waals surface area (Å²) in [6.45, 7) is 0.938. The maximum atomic E-state index is 13.1. The zero-order valence-corrected chi connectivity index (χ0v) is 16.5. The van der Waals surface area contributed by atoms with E-state index in [4.69, 9.17) is 21.1 Å². The first kappa shape index (κ1) is 21.7. The molecule has 0 saturated heterocycles. The number of ketones is 1. The molecule has 2 aromatic rings. The number of methoxy groups -OCH3 is 2. The quantitative estimate of drug-likeness (QED) is 0.578. The third kappa shape index (κ3) is 4.12. The van der Waals surface area contributed by atoms with Gasteiger partial charge in [-0.2, -0.15) is 18.7 Å². The largest absolute Gasteiger partial charge is 0.467 e. The maximum absolute atomic E-state index is 13.1. The van der Waals surface area contributed by atoms with Gasteiger partial charge in [0.15, 0.2) is 0 Å². The van der Waals surface area contributed by atoms with Gasteiger partial charge < -0.3 is 9.47 Å². The minimum atomic E-state index is -5.07. The molecule has 1 aromatic heterocycles. The lowest BCUT2D eigenvalue weighted by Crippen LogP contribution is -2.36. The van der Waals surface area contributed by atoms with Gasteiger partial charge in [0, 0.05) is 6.54 Å². The fourth-order valence-corrected chi connectivity index (χ4v) is 3.59. The number of para-hydroxylation sites is 1. The molecule has 2 rings (SSSR count). The molecule has 0 aliphatic rings. The molecule has 0 radical (unpaired) electrons. The van der Waals surface area contributed by atoms with Crippen molar-refractivity contribution in [3.8, 4) is 12.0 Å². The number of rotatable bonds is 8. The van der Waals surface area contributed by atoms with E-state index in [0.717, 1.165) is 0 Å². The molecule has 0 spiro atoms. The summed E-state index contributed by atoms with van der Waals surface area (Å²) in [5, 5.41) is -0.218. The Balaban J connectivity index is 2.68. The topological polar surface area (TPSA) is 112 Å². The molecular weight excluding hydrogens is 422 g/mol. The second-order valence-corrected chi connectivity index (χ2v) is 7.30. The second-order valence-electron chi connectivity index (χ2n) is 5.07. The van der Waals surface area contributed by atoms with Gasteiger partial charge in [-0.05, 0) is 19.1 Å². The van der Waals surface area contributed by atoms with Crippen LogP contribution in [0.2, 0.25) is 5.02 Å². The highest BCUT2D eigenvalue weighted by molar-refractivity contribution is 7.93. The average molecular weight is 437 g/mol. The summed E-state index contributed by atoms with van der Waals surface area (Å²) in [6.07, 6.45) is 0. The van der Waals surface area contributed by atoms with Crippen LogP contribution in [0.15, 0.2) is 18.2 Å². The number of carbonyl (C=O) groups is 1. The molecule has 28 heavy (non-hydrogen) atoms. The molecule has 0 saturated carbocycles. The Labute approximate surface area is 164 Å². The van der Waals surface area contributed by atoms with Crippen LogP contribution in [0, 0.1) is 0 Å². The molecule has 0 fully saturated rings. The monoisotopic (exact) mass is 436 g/mol. The lowest BCUT2D eigenvalue weighted by Gasteiger charge is -2.25. The summed E-state index contributed by atoms with van der Waals surface area (Å²) >= 11 is 6.06. The van der Waals surface area contributed by atoms with Gasteiger partial charge in [-0.15, -0.1) is 4.98 Å². The summed E-state index contributed by atoms with van der Waals surface area (Å²) < 4.78 is 60.4. The second kappa shape index (κ2) is 8.61. The fraction of sp³-hybridized carbons (Fsp3) is 0.333. The summed E-state index contributed by atoms with van der Waals surface area (Å²) in [7, 11) is -2.56. The van der Waals surface area contributed by atoms with E-state index in [1.54, 1.807) is 0 Å². The summed E-state index contributed by atoms with van der Waals surface area (Å²) in [5.74, 6) is -5.04. The van der Waals surface area contributed by atoms with E-state index in [-0.39, 0.29) is 29.2 Å². The van der Waals surface area contributed by atoms with Gasteiger partial charge >= 0.3 is 17.8 Å². The van der Waals surface area contributed by atoms with Crippen molar-refractivity contribution in [3.63, 3.8) is 0 Å². The normalized spacial score (nSPS) is 11.4. The van der Waals surface area contributed by atoms with Crippen molar-refractivity contribution in [3.05, 3.63) is 34.6 Å². The predicted octanol–water partition coefficient (Wildman–Crippen LogP) is 2.15. The number of anilines is 1. The first-order chi connectivity index (χ1) is 13.2. The Morgan fingerprint density at radius 1 is 1.18 bits per heavy atom. The molecule has 1 heterocycles. The number of sulfonamides is 1. The SMILES string of the molecule is CCN(c1c(Cl)cccc1C(=O)c1nc(OC)nc(OC)n1)S(=O)(=O)C(F)F. The standard InChI is InChI=1S/C15H15ClF2N4O5S/c1-4-22(28(24,25)13(17)18)10-8(6-5-7-9(10)16)11(23)12-19-14(26-2)21-15(20-12)27-3/h5-7,13H,4H2,1-3H3. The van der Waals surface area contributed by atoms with Crippen molar-refractivity contribution in [2.75, 3.05) is 25.1 Å². The van der Waals surface area contributed by atoms with Crippen molar-refractivity contribution >= 4 is 33.1 Å². The molecule has 0 N–H and O–H groups in total. The molecule has 0 aliphatic carbocycles.